The van der Waals surface area contributed by atoms with Gasteiger partial charge in [0, 0.05) is 25.7 Å². The van der Waals surface area contributed by atoms with Crippen molar-refractivity contribution in [3.63, 3.8) is 0 Å². The molecule has 0 atom stereocenters. The third-order valence-corrected chi connectivity index (χ3v) is 3.92. The molecule has 1 aromatic carbocycles. The molecule has 0 aliphatic carbocycles. The van der Waals surface area contributed by atoms with Crippen LogP contribution in [0.25, 0.3) is 0 Å². The van der Waals surface area contributed by atoms with E-state index in [1.165, 1.54) is 25.7 Å². The van der Waals surface area contributed by atoms with E-state index in [2.05, 4.69) is 29.5 Å². The molecule has 0 heterocycles. The highest BCUT2D eigenvalue weighted by Crippen LogP contribution is 2.09. The van der Waals surface area contributed by atoms with Gasteiger partial charge in [0.25, 0.3) is 0 Å². The molecule has 0 radical (unpaired) electrons. The Bertz CT molecular complexity index is 515. The van der Waals surface area contributed by atoms with Crippen LogP contribution < -0.4 is 16.4 Å². The van der Waals surface area contributed by atoms with E-state index in [1.807, 2.05) is 12.1 Å². The van der Waals surface area contributed by atoms with E-state index < -0.39 is 5.91 Å². The van der Waals surface area contributed by atoms with E-state index in [1.54, 1.807) is 19.2 Å². The molecular formula is C19H33IN4O. The van der Waals surface area contributed by atoms with Crippen LogP contribution in [0, 0.1) is 5.92 Å². The van der Waals surface area contributed by atoms with E-state index >= 15 is 0 Å². The molecule has 0 saturated carbocycles. The highest BCUT2D eigenvalue weighted by Gasteiger charge is 2.01. The lowest BCUT2D eigenvalue weighted by Gasteiger charge is -2.12. The summed E-state index contributed by atoms with van der Waals surface area (Å²) in [6, 6.07) is 7.28. The number of nitrogens with zero attached hydrogens (tertiary/aromatic N) is 1. The van der Waals surface area contributed by atoms with Gasteiger partial charge in [-0.05, 0) is 30.0 Å². The molecule has 1 rings (SSSR count). The number of nitrogens with one attached hydrogen (secondary N) is 2. The number of rotatable bonds is 10. The Morgan fingerprint density at radius 3 is 2.28 bits per heavy atom. The lowest BCUT2D eigenvalue weighted by Crippen LogP contribution is -2.37. The maximum absolute atomic E-state index is 11.0. The summed E-state index contributed by atoms with van der Waals surface area (Å²) in [5.74, 6) is 1.21. The van der Waals surface area contributed by atoms with Gasteiger partial charge in [-0.2, -0.15) is 0 Å². The van der Waals surface area contributed by atoms with Crippen molar-refractivity contribution in [1.29, 1.82) is 0 Å². The van der Waals surface area contributed by atoms with Gasteiger partial charge in [0.05, 0.1) is 0 Å². The summed E-state index contributed by atoms with van der Waals surface area (Å²) in [7, 11) is 1.77. The minimum absolute atomic E-state index is 0. The number of hydrogen-bond acceptors (Lipinski definition) is 2. The largest absolute Gasteiger partial charge is 0.366 e. The maximum Gasteiger partial charge on any atom is 0.248 e. The van der Waals surface area contributed by atoms with Crippen LogP contribution in [0.2, 0.25) is 0 Å². The Morgan fingerprint density at radius 2 is 1.72 bits per heavy atom. The van der Waals surface area contributed by atoms with Crippen LogP contribution in [0.5, 0.6) is 0 Å². The highest BCUT2D eigenvalue weighted by molar-refractivity contribution is 14.0. The first-order valence-electron chi connectivity index (χ1n) is 8.86. The van der Waals surface area contributed by atoms with E-state index in [0.717, 1.165) is 30.4 Å². The SMILES string of the molecule is CN=C(NCCCCCCC(C)C)NCc1ccc(C(N)=O)cc1.I. The Kier molecular flexibility index (Phi) is 13.2. The quantitative estimate of drug-likeness (QED) is 0.216. The normalized spacial score (nSPS) is 11.1. The van der Waals surface area contributed by atoms with E-state index in [-0.39, 0.29) is 24.0 Å². The van der Waals surface area contributed by atoms with Crippen molar-refractivity contribution in [3.05, 3.63) is 35.4 Å². The Morgan fingerprint density at radius 1 is 1.08 bits per heavy atom. The number of aliphatic imine (C=N–C) groups is 1. The molecular weight excluding hydrogens is 427 g/mol. The predicted octanol–water partition coefficient (Wildman–Crippen LogP) is 3.68. The van der Waals surface area contributed by atoms with Crippen LogP contribution in [0.15, 0.2) is 29.3 Å². The summed E-state index contributed by atoms with van der Waals surface area (Å²) in [4.78, 5) is 15.3. The van der Waals surface area contributed by atoms with E-state index in [0.29, 0.717) is 12.1 Å². The van der Waals surface area contributed by atoms with Crippen LogP contribution in [0.4, 0.5) is 0 Å². The first kappa shape index (κ1) is 23.7. The van der Waals surface area contributed by atoms with Gasteiger partial charge in [-0.3, -0.25) is 9.79 Å². The van der Waals surface area contributed by atoms with Gasteiger partial charge in [0.2, 0.25) is 5.91 Å². The van der Waals surface area contributed by atoms with E-state index in [9.17, 15) is 4.79 Å². The summed E-state index contributed by atoms with van der Waals surface area (Å²) in [5, 5.41) is 6.61. The van der Waals surface area contributed by atoms with Crippen molar-refractivity contribution in [2.45, 2.75) is 52.5 Å². The second-order valence-electron chi connectivity index (χ2n) is 6.51. The van der Waals surface area contributed by atoms with E-state index in [4.69, 9.17) is 5.73 Å². The van der Waals surface area contributed by atoms with Crippen LogP contribution in [-0.4, -0.2) is 25.5 Å². The zero-order valence-corrected chi connectivity index (χ0v) is 18.0. The third-order valence-electron chi connectivity index (χ3n) is 3.92. The Hall–Kier alpha value is -1.31. The summed E-state index contributed by atoms with van der Waals surface area (Å²) >= 11 is 0. The molecule has 0 unspecified atom stereocenters. The molecule has 0 aliphatic rings. The molecule has 0 aliphatic heterocycles. The lowest BCUT2D eigenvalue weighted by atomic mass is 10.0. The standard InChI is InChI=1S/C19H32N4O.HI/c1-15(2)8-6-4-5-7-13-22-19(21-3)23-14-16-9-11-17(12-10-16)18(20)24;/h9-12,15H,4-8,13-14H2,1-3H3,(H2,20,24)(H2,21,22,23);1H. The average molecular weight is 460 g/mol. The van der Waals surface area contributed by atoms with Crippen molar-refractivity contribution in [2.75, 3.05) is 13.6 Å². The molecule has 1 amide bonds. The molecule has 142 valence electrons. The fourth-order valence-electron chi connectivity index (χ4n) is 2.43. The fourth-order valence-corrected chi connectivity index (χ4v) is 2.43. The van der Waals surface area contributed by atoms with Crippen molar-refractivity contribution in [3.8, 4) is 0 Å². The zero-order valence-electron chi connectivity index (χ0n) is 15.7. The molecule has 0 saturated heterocycles. The van der Waals surface area contributed by atoms with Crippen LogP contribution >= 0.6 is 24.0 Å². The summed E-state index contributed by atoms with van der Waals surface area (Å²) in [6.07, 6.45) is 6.37. The second kappa shape index (κ2) is 13.9. The number of unbranched alkanes of at least 4 members (excludes halogenated alkanes) is 3. The molecule has 4 N–H and O–H groups in total. The highest BCUT2D eigenvalue weighted by atomic mass is 127. The molecule has 5 nitrogen and oxygen atoms in total. The number of carbonyl (C=O) groups is 1. The second-order valence-corrected chi connectivity index (χ2v) is 6.51. The summed E-state index contributed by atoms with van der Waals surface area (Å²) < 4.78 is 0. The van der Waals surface area contributed by atoms with Crippen molar-refractivity contribution in [2.24, 2.45) is 16.6 Å². The number of amides is 1. The number of hydrogen-bond donors (Lipinski definition) is 3. The number of nitrogens with two attached hydrogens (primary N) is 1. The Labute approximate surface area is 169 Å². The number of halogens is 1. The third kappa shape index (κ3) is 11.0. The van der Waals surface area contributed by atoms with Gasteiger partial charge in [0.15, 0.2) is 5.96 Å². The Balaban J connectivity index is 0.00000576. The number of carbonyl (C=O) groups excluding carboxylic acids is 1. The molecule has 0 fully saturated rings. The van der Waals surface area contributed by atoms with Crippen LogP contribution in [0.1, 0.15) is 61.9 Å². The molecule has 1 aromatic rings. The molecule has 0 bridgehead atoms. The molecule has 25 heavy (non-hydrogen) atoms. The molecule has 6 heteroatoms. The molecule has 0 aromatic heterocycles. The van der Waals surface area contributed by atoms with Crippen LogP contribution in [-0.2, 0) is 6.54 Å². The smallest absolute Gasteiger partial charge is 0.248 e. The zero-order chi connectivity index (χ0) is 17.8. The molecule has 0 spiro atoms. The van der Waals surface area contributed by atoms with Gasteiger partial charge >= 0.3 is 0 Å². The predicted molar refractivity (Wildman–Crippen MR) is 116 cm³/mol. The lowest BCUT2D eigenvalue weighted by molar-refractivity contribution is 0.100. The number of guanidine groups is 1. The van der Waals surface area contributed by atoms with Gasteiger partial charge < -0.3 is 16.4 Å². The van der Waals surface area contributed by atoms with Gasteiger partial charge in [-0.1, -0.05) is 51.7 Å². The maximum atomic E-state index is 11.0. The van der Waals surface area contributed by atoms with Crippen molar-refractivity contribution >= 4 is 35.8 Å². The van der Waals surface area contributed by atoms with Crippen molar-refractivity contribution < 1.29 is 4.79 Å². The van der Waals surface area contributed by atoms with Crippen molar-refractivity contribution in [1.82, 2.24) is 10.6 Å². The minimum atomic E-state index is -0.402. The summed E-state index contributed by atoms with van der Waals surface area (Å²) in [5.41, 5.74) is 6.84. The average Bonchev–Trinajstić information content (AvgIpc) is 2.56. The summed E-state index contributed by atoms with van der Waals surface area (Å²) in [6.45, 7) is 6.15. The number of benzene rings is 1. The minimum Gasteiger partial charge on any atom is -0.366 e. The monoisotopic (exact) mass is 460 g/mol. The first-order chi connectivity index (χ1) is 11.5. The fraction of sp³-hybridized carbons (Fsp3) is 0.579. The number of primary amides is 1. The van der Waals surface area contributed by atoms with Gasteiger partial charge in [-0.15, -0.1) is 24.0 Å². The van der Waals surface area contributed by atoms with Gasteiger partial charge in [-0.25, -0.2) is 0 Å². The van der Waals surface area contributed by atoms with Crippen LogP contribution in [0.3, 0.4) is 0 Å². The first-order valence-corrected chi connectivity index (χ1v) is 8.86. The van der Waals surface area contributed by atoms with Gasteiger partial charge in [0.1, 0.15) is 0 Å². The topological polar surface area (TPSA) is 79.5 Å².